The molecule has 1 aliphatic heterocycles. The third-order valence-corrected chi connectivity index (χ3v) is 8.41. The van der Waals surface area contributed by atoms with Crippen molar-refractivity contribution < 1.29 is 78.0 Å². The zero-order valence-electron chi connectivity index (χ0n) is 32.5. The van der Waals surface area contributed by atoms with Gasteiger partial charge in [0.2, 0.25) is 0 Å². The zero-order chi connectivity index (χ0) is 37.6. The molecule has 0 saturated carbocycles. The second-order valence-corrected chi connectivity index (χ2v) is 14.0. The fourth-order valence-corrected chi connectivity index (χ4v) is 2.47. The van der Waals surface area contributed by atoms with Gasteiger partial charge in [0, 0.05) is 30.1 Å². The van der Waals surface area contributed by atoms with E-state index in [0.29, 0.717) is 45.4 Å². The number of carbonyl (C=O) groups excluding carboxylic acids is 5. The maximum absolute atomic E-state index is 11.7. The Bertz CT molecular complexity index is 988. The van der Waals surface area contributed by atoms with E-state index in [1.54, 1.807) is 27.7 Å². The Hall–Kier alpha value is -2.24. The first-order valence-corrected chi connectivity index (χ1v) is 16.8. The van der Waals surface area contributed by atoms with E-state index < -0.39 is 28.2 Å². The quantitative estimate of drug-likeness (QED) is 0.110. The minimum atomic E-state index is -0.972. The number of ether oxygens (including phenoxy) is 2. The van der Waals surface area contributed by atoms with Crippen molar-refractivity contribution >= 4 is 35.7 Å². The van der Waals surface area contributed by atoms with Gasteiger partial charge in [-0.25, -0.2) is 0 Å². The predicted octanol–water partition coefficient (Wildman–Crippen LogP) is 3.12. The molecular formula is C36H64NNaO10. The summed E-state index contributed by atoms with van der Waals surface area (Å²) in [6.07, 6.45) is 8.72. The summed E-state index contributed by atoms with van der Waals surface area (Å²) in [5.74, 6) is -2.51. The molecule has 0 atom stereocenters. The molecule has 1 rings (SSSR count). The average Bonchev–Trinajstić information content (AvgIpc) is 3.33. The van der Waals surface area contributed by atoms with Crippen LogP contribution in [0.25, 0.3) is 0 Å². The van der Waals surface area contributed by atoms with E-state index in [0.717, 1.165) is 25.7 Å². The molecule has 0 radical (unpaired) electrons. The third-order valence-electron chi connectivity index (χ3n) is 8.41. The van der Waals surface area contributed by atoms with Crippen LogP contribution in [-0.2, 0) is 38.2 Å². The predicted molar refractivity (Wildman–Crippen MR) is 181 cm³/mol. The summed E-state index contributed by atoms with van der Waals surface area (Å²) in [4.78, 5) is 67.1. The van der Waals surface area contributed by atoms with Gasteiger partial charge < -0.3 is 24.5 Å². The first-order chi connectivity index (χ1) is 21.4. The summed E-state index contributed by atoms with van der Waals surface area (Å²) in [5, 5.41) is 18.6. The van der Waals surface area contributed by atoms with Crippen molar-refractivity contribution in [2.24, 2.45) is 21.7 Å². The minimum Gasteiger partial charge on any atom is -0.550 e. The number of nitrogens with zero attached hydrogens (tertiary/aromatic N) is 1. The van der Waals surface area contributed by atoms with E-state index in [2.05, 4.69) is 6.92 Å². The van der Waals surface area contributed by atoms with Crippen LogP contribution in [0.4, 0.5) is 0 Å². The fraction of sp³-hybridized carbons (Fsp3) is 0.778. The van der Waals surface area contributed by atoms with Gasteiger partial charge in [0.1, 0.15) is 0 Å². The monoisotopic (exact) mass is 693 g/mol. The van der Waals surface area contributed by atoms with Gasteiger partial charge >= 0.3 is 47.5 Å². The minimum absolute atomic E-state index is 0. The molecule has 274 valence electrons. The van der Waals surface area contributed by atoms with Crippen LogP contribution in [0, 0.1) is 21.7 Å². The second-order valence-electron chi connectivity index (χ2n) is 14.0. The number of carboxylic acid groups (broad SMARTS) is 2. The van der Waals surface area contributed by atoms with Crippen molar-refractivity contribution in [2.45, 2.75) is 141 Å². The molecule has 1 N–H and O–H groups in total. The summed E-state index contributed by atoms with van der Waals surface area (Å²) in [5.41, 5.74) is -1.96. The van der Waals surface area contributed by atoms with Crippen LogP contribution >= 0.6 is 0 Å². The molecule has 2 amide bonds. The molecule has 1 aliphatic rings. The van der Waals surface area contributed by atoms with Gasteiger partial charge in [-0.3, -0.25) is 28.9 Å². The number of carboxylic acids is 2. The van der Waals surface area contributed by atoms with Crippen LogP contribution in [0.1, 0.15) is 141 Å². The molecule has 0 unspecified atom stereocenters. The Kier molecular flexibility index (Phi) is 28.1. The van der Waals surface area contributed by atoms with Gasteiger partial charge in [0.05, 0.1) is 29.5 Å². The Morgan fingerprint density at radius 3 is 1.25 bits per heavy atom. The maximum atomic E-state index is 11.7. The molecule has 0 fully saturated rings. The summed E-state index contributed by atoms with van der Waals surface area (Å²) in [6, 6.07) is 0. The van der Waals surface area contributed by atoms with Crippen LogP contribution < -0.4 is 34.7 Å². The molecular weight excluding hydrogens is 629 g/mol. The molecule has 12 heteroatoms. The topological polar surface area (TPSA) is 167 Å². The van der Waals surface area contributed by atoms with Gasteiger partial charge in [-0.1, -0.05) is 54.9 Å². The Balaban J connectivity index is -0.000000288. The summed E-state index contributed by atoms with van der Waals surface area (Å²) in [6.45, 7) is 25.3. The standard InChI is InChI=1S/C14H21NO4.C10H20O2.2C6H12O2.Na/c1-4-14(2,3)13(18)19-10-6-5-9-15-11(16)7-8-12(15)17;1-5-7-8-12-9(11)10(3,4)6-2;2*1-4-6(2,3)5(7)8;/h7-8H,4-6,9-10H2,1-3H3;5-8H2,1-4H3;2*4H2,1-3H3,(H,7,8);/q;;;;+1/p-1. The van der Waals surface area contributed by atoms with Gasteiger partial charge in [-0.15, -0.1) is 0 Å². The van der Waals surface area contributed by atoms with Crippen molar-refractivity contribution in [2.75, 3.05) is 19.8 Å². The fourth-order valence-electron chi connectivity index (χ4n) is 2.47. The van der Waals surface area contributed by atoms with E-state index in [4.69, 9.17) is 14.6 Å². The number of hydrogen-bond donors (Lipinski definition) is 1. The summed E-state index contributed by atoms with van der Waals surface area (Å²) in [7, 11) is 0. The zero-order valence-corrected chi connectivity index (χ0v) is 34.5. The maximum Gasteiger partial charge on any atom is 1.00 e. The molecule has 48 heavy (non-hydrogen) atoms. The first kappa shape index (κ1) is 52.6. The molecule has 11 nitrogen and oxygen atoms in total. The van der Waals surface area contributed by atoms with E-state index in [1.165, 1.54) is 17.1 Å². The van der Waals surface area contributed by atoms with Gasteiger partial charge in [-0.05, 0) is 86.5 Å². The van der Waals surface area contributed by atoms with Crippen LogP contribution in [0.15, 0.2) is 12.2 Å². The number of amides is 2. The smallest absolute Gasteiger partial charge is 0.550 e. The van der Waals surface area contributed by atoms with E-state index in [-0.39, 0.29) is 58.7 Å². The number of rotatable bonds is 16. The number of hydrogen-bond acceptors (Lipinski definition) is 9. The summed E-state index contributed by atoms with van der Waals surface area (Å²) >= 11 is 0. The van der Waals surface area contributed by atoms with Crippen LogP contribution in [-0.4, -0.2) is 65.5 Å². The number of unbranched alkanes of at least 4 members (excludes halogenated alkanes) is 2. The number of carbonyl (C=O) groups is 6. The van der Waals surface area contributed by atoms with E-state index in [1.807, 2.05) is 55.4 Å². The molecule has 0 aromatic carbocycles. The molecule has 0 spiro atoms. The van der Waals surface area contributed by atoms with Crippen LogP contribution in [0.3, 0.4) is 0 Å². The Labute approximate surface area is 312 Å². The number of aliphatic carboxylic acids is 2. The average molecular weight is 694 g/mol. The van der Waals surface area contributed by atoms with Crippen molar-refractivity contribution in [3.63, 3.8) is 0 Å². The van der Waals surface area contributed by atoms with E-state index >= 15 is 0 Å². The Morgan fingerprint density at radius 1 is 0.646 bits per heavy atom. The molecule has 0 aromatic rings. The second kappa shape index (κ2) is 25.7. The molecule has 1 heterocycles. The summed E-state index contributed by atoms with van der Waals surface area (Å²) < 4.78 is 10.3. The third kappa shape index (κ3) is 22.4. The van der Waals surface area contributed by atoms with Crippen LogP contribution in [0.2, 0.25) is 0 Å². The van der Waals surface area contributed by atoms with Crippen molar-refractivity contribution in [1.29, 1.82) is 0 Å². The van der Waals surface area contributed by atoms with E-state index in [9.17, 15) is 33.9 Å². The van der Waals surface area contributed by atoms with Crippen molar-refractivity contribution in [3.05, 3.63) is 12.2 Å². The normalized spacial score (nSPS) is 12.6. The SMILES string of the molecule is CCC(C)(C)C(=O)O.CCC(C)(C)C(=O)OCCCCN1C(=O)C=CC1=O.CCC(C)(C)C(=O)[O-].CCCCOC(=O)C(C)(C)CC.[Na+]. The molecule has 0 aliphatic carbocycles. The van der Waals surface area contributed by atoms with Gasteiger partial charge in [-0.2, -0.15) is 0 Å². The van der Waals surface area contributed by atoms with Crippen molar-refractivity contribution in [3.8, 4) is 0 Å². The number of esters is 2. The largest absolute Gasteiger partial charge is 1.00 e. The first-order valence-electron chi connectivity index (χ1n) is 16.8. The van der Waals surface area contributed by atoms with Gasteiger partial charge in [0.15, 0.2) is 0 Å². The Morgan fingerprint density at radius 2 is 1.00 bits per heavy atom. The van der Waals surface area contributed by atoms with Gasteiger partial charge in [0.25, 0.3) is 11.8 Å². The number of imide groups is 1. The van der Waals surface area contributed by atoms with Crippen LogP contribution in [0.5, 0.6) is 0 Å². The molecule has 0 saturated heterocycles. The molecule has 0 bridgehead atoms. The molecule has 0 aromatic heterocycles. The van der Waals surface area contributed by atoms with Crippen molar-refractivity contribution in [1.82, 2.24) is 4.90 Å².